The molecule has 0 saturated carbocycles. The largest absolute Gasteiger partial charge is 0.494 e. The van der Waals surface area contributed by atoms with Crippen molar-refractivity contribution in [1.82, 2.24) is 19.9 Å². The molecule has 1 aromatic carbocycles. The molecule has 2 aromatic heterocycles. The number of piperidine rings is 1. The van der Waals surface area contributed by atoms with Gasteiger partial charge in [0, 0.05) is 37.1 Å². The van der Waals surface area contributed by atoms with Crippen LogP contribution in [0.4, 0.5) is 28.8 Å². The Morgan fingerprint density at radius 3 is 2.49 bits per heavy atom. The van der Waals surface area contributed by atoms with Crippen molar-refractivity contribution in [2.75, 3.05) is 49.8 Å². The molecule has 39 heavy (non-hydrogen) atoms. The van der Waals surface area contributed by atoms with Crippen LogP contribution in [-0.4, -0.2) is 73.9 Å². The number of pyridine rings is 1. The third-order valence-electron chi connectivity index (χ3n) is 6.96. The molecule has 0 atom stereocenters. The molecule has 0 unspecified atom stereocenters. The number of methoxy groups -OCH3 is 1. The number of hydrogen-bond donors (Lipinski definition) is 2. The summed E-state index contributed by atoms with van der Waals surface area (Å²) >= 11 is 6.38. The van der Waals surface area contributed by atoms with E-state index in [1.54, 1.807) is 33.1 Å². The summed E-state index contributed by atoms with van der Waals surface area (Å²) in [5.41, 5.74) is 3.24. The molecule has 0 aliphatic carbocycles. The molecule has 2 N–H and O–H groups in total. The monoisotopic (exact) mass is 573 g/mol. The molecule has 10 nitrogen and oxygen atoms in total. The number of aromatic nitrogens is 3. The van der Waals surface area contributed by atoms with Gasteiger partial charge in [-0.1, -0.05) is 11.6 Å². The SMILES string of the molecule is COc1cc(N2CCC(N(C)C)CC2)c(C)cc1Nc1ncc(Cl)c(Nc2cccnc2S(=O)(=O)C(C)C)n1. The predicted octanol–water partition coefficient (Wildman–Crippen LogP) is 5.04. The van der Waals surface area contributed by atoms with Crippen molar-refractivity contribution in [3.8, 4) is 5.75 Å². The first kappa shape index (κ1) is 28.8. The van der Waals surface area contributed by atoms with Crippen molar-refractivity contribution in [3.63, 3.8) is 0 Å². The maximum Gasteiger partial charge on any atom is 0.229 e. The lowest BCUT2D eigenvalue weighted by molar-refractivity contribution is 0.249. The van der Waals surface area contributed by atoms with Gasteiger partial charge >= 0.3 is 0 Å². The molecule has 0 amide bonds. The van der Waals surface area contributed by atoms with E-state index in [-0.39, 0.29) is 27.5 Å². The summed E-state index contributed by atoms with van der Waals surface area (Å²) in [6.07, 6.45) is 5.12. The minimum atomic E-state index is -3.63. The average Bonchev–Trinajstić information content (AvgIpc) is 2.91. The van der Waals surface area contributed by atoms with Gasteiger partial charge in [0.15, 0.2) is 20.7 Å². The fraction of sp³-hybridized carbons (Fsp3) is 0.444. The van der Waals surface area contributed by atoms with Crippen molar-refractivity contribution in [1.29, 1.82) is 0 Å². The first-order valence-electron chi connectivity index (χ1n) is 12.9. The summed E-state index contributed by atoms with van der Waals surface area (Å²) < 4.78 is 31.4. The Bertz CT molecular complexity index is 1420. The van der Waals surface area contributed by atoms with Crippen LogP contribution in [0, 0.1) is 6.92 Å². The molecule has 210 valence electrons. The van der Waals surface area contributed by atoms with Gasteiger partial charge in [0.1, 0.15) is 10.8 Å². The molecule has 4 rings (SSSR count). The van der Waals surface area contributed by atoms with Gasteiger partial charge in [0.2, 0.25) is 5.95 Å². The second-order valence-electron chi connectivity index (χ2n) is 10.1. The number of aryl methyl sites for hydroxylation is 1. The number of benzene rings is 1. The fourth-order valence-corrected chi connectivity index (χ4v) is 5.82. The molecule has 0 radical (unpaired) electrons. The summed E-state index contributed by atoms with van der Waals surface area (Å²) in [4.78, 5) is 17.6. The third kappa shape index (κ3) is 6.37. The molecule has 1 fully saturated rings. The van der Waals surface area contributed by atoms with Gasteiger partial charge in [-0.3, -0.25) is 0 Å². The Balaban J connectivity index is 1.59. The second kappa shape index (κ2) is 11.9. The highest BCUT2D eigenvalue weighted by Gasteiger charge is 2.25. The van der Waals surface area contributed by atoms with Crippen molar-refractivity contribution in [3.05, 3.63) is 47.2 Å². The van der Waals surface area contributed by atoms with Crippen molar-refractivity contribution in [2.45, 2.75) is 49.9 Å². The third-order valence-corrected chi connectivity index (χ3v) is 9.34. The highest BCUT2D eigenvalue weighted by atomic mass is 35.5. The second-order valence-corrected chi connectivity index (χ2v) is 12.9. The number of nitrogens with one attached hydrogen (secondary N) is 2. The van der Waals surface area contributed by atoms with Crippen LogP contribution in [0.5, 0.6) is 5.75 Å². The number of anilines is 5. The molecule has 1 saturated heterocycles. The summed E-state index contributed by atoms with van der Waals surface area (Å²) in [6, 6.07) is 7.93. The molecule has 1 aliphatic rings. The number of ether oxygens (including phenoxy) is 1. The first-order chi connectivity index (χ1) is 18.5. The van der Waals surface area contributed by atoms with Crippen LogP contribution < -0.4 is 20.3 Å². The zero-order chi connectivity index (χ0) is 28.3. The lowest BCUT2D eigenvalue weighted by Crippen LogP contribution is -2.42. The van der Waals surface area contributed by atoms with Gasteiger partial charge in [0.25, 0.3) is 0 Å². The summed E-state index contributed by atoms with van der Waals surface area (Å²) in [5, 5.41) is 5.79. The molecule has 12 heteroatoms. The number of rotatable bonds is 9. The van der Waals surface area contributed by atoms with E-state index in [9.17, 15) is 8.42 Å². The molecule has 1 aliphatic heterocycles. The van der Waals surface area contributed by atoms with E-state index in [2.05, 4.69) is 56.4 Å². The number of hydrogen-bond acceptors (Lipinski definition) is 10. The molecular weight excluding hydrogens is 538 g/mol. The molecule has 0 bridgehead atoms. The Kier molecular flexibility index (Phi) is 8.83. The van der Waals surface area contributed by atoms with E-state index in [1.165, 1.54) is 12.4 Å². The van der Waals surface area contributed by atoms with Gasteiger partial charge in [0.05, 0.1) is 29.9 Å². The Hall–Kier alpha value is -3.15. The minimum Gasteiger partial charge on any atom is -0.494 e. The van der Waals surface area contributed by atoms with E-state index >= 15 is 0 Å². The van der Waals surface area contributed by atoms with E-state index < -0.39 is 15.1 Å². The highest BCUT2D eigenvalue weighted by Crippen LogP contribution is 2.36. The van der Waals surface area contributed by atoms with Gasteiger partial charge in [-0.25, -0.2) is 18.4 Å². The van der Waals surface area contributed by atoms with Crippen LogP contribution in [0.2, 0.25) is 5.02 Å². The first-order valence-corrected chi connectivity index (χ1v) is 14.8. The lowest BCUT2D eigenvalue weighted by atomic mass is 10.0. The Labute approximate surface area is 235 Å². The number of halogens is 1. The zero-order valence-electron chi connectivity index (χ0n) is 23.2. The number of sulfone groups is 1. The van der Waals surface area contributed by atoms with Gasteiger partial charge in [-0.05, 0) is 71.5 Å². The maximum absolute atomic E-state index is 12.8. The quantitative estimate of drug-likeness (QED) is 0.361. The average molecular weight is 574 g/mol. The summed E-state index contributed by atoms with van der Waals surface area (Å²) in [7, 11) is 2.27. The van der Waals surface area contributed by atoms with Crippen LogP contribution >= 0.6 is 11.6 Å². The van der Waals surface area contributed by atoms with Gasteiger partial charge in [-0.2, -0.15) is 4.98 Å². The standard InChI is InChI=1S/C27H36ClN7O3S/c1-17(2)39(36,37)26-21(8-7-11-29-26)31-25-20(28)16-30-27(33-25)32-22-14-18(3)23(15-24(22)38-6)35-12-9-19(10-13-35)34(4)5/h7-8,11,14-17,19H,9-10,12-13H2,1-6H3,(H2,30,31,32,33). The van der Waals surface area contributed by atoms with Crippen LogP contribution in [0.15, 0.2) is 41.7 Å². The number of nitrogens with zero attached hydrogens (tertiary/aromatic N) is 5. The molecule has 3 heterocycles. The summed E-state index contributed by atoms with van der Waals surface area (Å²) in [6.45, 7) is 7.27. The predicted molar refractivity (Wildman–Crippen MR) is 157 cm³/mol. The van der Waals surface area contributed by atoms with E-state index in [0.717, 1.165) is 37.2 Å². The Morgan fingerprint density at radius 1 is 1.13 bits per heavy atom. The molecule has 3 aromatic rings. The van der Waals surface area contributed by atoms with Gasteiger partial charge in [-0.15, -0.1) is 0 Å². The van der Waals surface area contributed by atoms with E-state index in [4.69, 9.17) is 16.3 Å². The summed E-state index contributed by atoms with van der Waals surface area (Å²) in [5.74, 6) is 1.19. The van der Waals surface area contributed by atoms with Crippen molar-refractivity contribution < 1.29 is 13.2 Å². The van der Waals surface area contributed by atoms with E-state index in [1.807, 2.05) is 12.1 Å². The van der Waals surface area contributed by atoms with Crippen LogP contribution in [0.1, 0.15) is 32.3 Å². The van der Waals surface area contributed by atoms with Crippen LogP contribution in [-0.2, 0) is 9.84 Å². The smallest absolute Gasteiger partial charge is 0.229 e. The van der Waals surface area contributed by atoms with E-state index in [0.29, 0.717) is 17.5 Å². The molecule has 0 spiro atoms. The maximum atomic E-state index is 12.8. The van der Waals surface area contributed by atoms with Gasteiger partial charge < -0.3 is 25.2 Å². The Morgan fingerprint density at radius 2 is 1.85 bits per heavy atom. The van der Waals surface area contributed by atoms with Crippen molar-refractivity contribution >= 4 is 50.3 Å². The fourth-order valence-electron chi connectivity index (χ4n) is 4.61. The minimum absolute atomic E-state index is 0.0633. The van der Waals surface area contributed by atoms with Crippen LogP contribution in [0.3, 0.4) is 0 Å². The normalized spacial score (nSPS) is 14.6. The lowest BCUT2D eigenvalue weighted by Gasteiger charge is -2.37. The highest BCUT2D eigenvalue weighted by molar-refractivity contribution is 7.92. The van der Waals surface area contributed by atoms with Crippen molar-refractivity contribution in [2.24, 2.45) is 0 Å². The van der Waals surface area contributed by atoms with Crippen LogP contribution in [0.25, 0.3) is 0 Å². The zero-order valence-corrected chi connectivity index (χ0v) is 24.8. The topological polar surface area (TPSA) is 113 Å². The molecular formula is C27H36ClN7O3S.